The highest BCUT2D eigenvalue weighted by Crippen LogP contribution is 2.20. The van der Waals surface area contributed by atoms with Crippen molar-refractivity contribution in [3.05, 3.63) is 0 Å². The van der Waals surface area contributed by atoms with Crippen LogP contribution in [0.5, 0.6) is 0 Å². The van der Waals surface area contributed by atoms with Gasteiger partial charge in [0.1, 0.15) is 5.78 Å². The van der Waals surface area contributed by atoms with Crippen molar-refractivity contribution in [1.82, 2.24) is 0 Å². The van der Waals surface area contributed by atoms with Gasteiger partial charge in [0.05, 0.1) is 31.7 Å². The molecule has 0 aliphatic carbocycles. The van der Waals surface area contributed by atoms with E-state index in [4.69, 9.17) is 9.47 Å². The van der Waals surface area contributed by atoms with Crippen LogP contribution in [-0.4, -0.2) is 31.6 Å². The van der Waals surface area contributed by atoms with Gasteiger partial charge in [0.25, 0.3) is 0 Å². The van der Waals surface area contributed by atoms with Crippen molar-refractivity contribution in [2.45, 2.75) is 20.3 Å². The Morgan fingerprint density at radius 1 is 1.71 bits per heavy atom. The normalized spacial score (nSPS) is 24.4. The Morgan fingerprint density at radius 2 is 2.43 bits per heavy atom. The molecule has 1 aliphatic rings. The molecular weight excluding hydrogens is 184 g/mol. The Labute approximate surface area is 83.6 Å². The van der Waals surface area contributed by atoms with Crippen LogP contribution in [0.25, 0.3) is 0 Å². The molecule has 0 aromatic carbocycles. The molecule has 0 unspecified atom stereocenters. The largest absolute Gasteiger partial charge is 0.466 e. The Morgan fingerprint density at radius 3 is 3.00 bits per heavy atom. The highest BCUT2D eigenvalue weighted by Gasteiger charge is 2.33. The van der Waals surface area contributed by atoms with Crippen molar-refractivity contribution in [2.75, 3.05) is 19.8 Å². The fourth-order valence-corrected chi connectivity index (χ4v) is 1.52. The van der Waals surface area contributed by atoms with Crippen LogP contribution in [0.4, 0.5) is 0 Å². The van der Waals surface area contributed by atoms with E-state index in [1.807, 2.05) is 0 Å². The van der Waals surface area contributed by atoms with Gasteiger partial charge in [0.15, 0.2) is 0 Å². The van der Waals surface area contributed by atoms with Crippen molar-refractivity contribution < 1.29 is 19.1 Å². The second kappa shape index (κ2) is 5.10. The predicted octanol–water partition coefficient (Wildman–Crippen LogP) is 0.791. The van der Waals surface area contributed by atoms with Gasteiger partial charge in [-0.1, -0.05) is 6.92 Å². The molecule has 14 heavy (non-hydrogen) atoms. The molecule has 80 valence electrons. The third-order valence-corrected chi connectivity index (χ3v) is 2.47. The molecule has 0 saturated carbocycles. The second-order valence-corrected chi connectivity index (χ2v) is 3.44. The lowest BCUT2D eigenvalue weighted by Crippen LogP contribution is -2.36. The van der Waals surface area contributed by atoms with Crippen molar-refractivity contribution in [3.63, 3.8) is 0 Å². The number of esters is 1. The standard InChI is InChI=1S/C10H16O4/c1-3-14-10(12)7(2)8-6-13-5-4-9(8)11/h7-8H,3-6H2,1-2H3/t7-,8-/m0/s1. The molecule has 1 fully saturated rings. The zero-order chi connectivity index (χ0) is 10.6. The Kier molecular flexibility index (Phi) is 4.07. The van der Waals surface area contributed by atoms with E-state index in [9.17, 15) is 9.59 Å². The molecule has 1 heterocycles. The van der Waals surface area contributed by atoms with Crippen LogP contribution in [0, 0.1) is 11.8 Å². The van der Waals surface area contributed by atoms with E-state index in [1.54, 1.807) is 13.8 Å². The Hall–Kier alpha value is -0.900. The van der Waals surface area contributed by atoms with Gasteiger partial charge in [-0.3, -0.25) is 9.59 Å². The molecule has 1 rings (SSSR count). The minimum absolute atomic E-state index is 0.108. The predicted molar refractivity (Wildman–Crippen MR) is 49.7 cm³/mol. The molecule has 0 bridgehead atoms. The van der Waals surface area contributed by atoms with Crippen LogP contribution >= 0.6 is 0 Å². The Balaban J connectivity index is 2.53. The lowest BCUT2D eigenvalue weighted by atomic mass is 9.88. The summed E-state index contributed by atoms with van der Waals surface area (Å²) in [5.41, 5.74) is 0. The summed E-state index contributed by atoms with van der Waals surface area (Å²) in [4.78, 5) is 22.8. The minimum atomic E-state index is -0.386. The summed E-state index contributed by atoms with van der Waals surface area (Å²) >= 11 is 0. The maximum absolute atomic E-state index is 11.5. The number of rotatable bonds is 3. The summed E-state index contributed by atoms with van der Waals surface area (Å²) in [5.74, 6) is -0.904. The average molecular weight is 200 g/mol. The van der Waals surface area contributed by atoms with Crippen LogP contribution in [-0.2, 0) is 19.1 Å². The van der Waals surface area contributed by atoms with Gasteiger partial charge in [-0.15, -0.1) is 0 Å². The highest BCUT2D eigenvalue weighted by molar-refractivity contribution is 5.87. The lowest BCUT2D eigenvalue weighted by Gasteiger charge is -2.24. The maximum Gasteiger partial charge on any atom is 0.309 e. The van der Waals surface area contributed by atoms with Crippen LogP contribution < -0.4 is 0 Å². The molecular formula is C10H16O4. The monoisotopic (exact) mass is 200 g/mol. The molecule has 0 spiro atoms. The van der Waals surface area contributed by atoms with E-state index in [1.165, 1.54) is 0 Å². The maximum atomic E-state index is 11.5. The summed E-state index contributed by atoms with van der Waals surface area (Å²) in [6, 6.07) is 0. The molecule has 4 heteroatoms. The van der Waals surface area contributed by atoms with E-state index < -0.39 is 0 Å². The molecule has 0 radical (unpaired) electrons. The molecule has 0 aromatic rings. The number of hydrogen-bond acceptors (Lipinski definition) is 4. The summed E-state index contributed by atoms with van der Waals surface area (Å²) in [6.45, 7) is 4.65. The van der Waals surface area contributed by atoms with Crippen LogP contribution in [0.15, 0.2) is 0 Å². The lowest BCUT2D eigenvalue weighted by molar-refractivity contribution is -0.155. The van der Waals surface area contributed by atoms with Gasteiger partial charge < -0.3 is 9.47 Å². The number of ether oxygens (including phenoxy) is 2. The first-order valence-electron chi connectivity index (χ1n) is 4.94. The molecule has 0 aromatic heterocycles. The van der Waals surface area contributed by atoms with Gasteiger partial charge in [-0.05, 0) is 6.92 Å². The van der Waals surface area contributed by atoms with E-state index in [-0.39, 0.29) is 23.6 Å². The fraction of sp³-hybridized carbons (Fsp3) is 0.800. The van der Waals surface area contributed by atoms with Crippen LogP contribution in [0.1, 0.15) is 20.3 Å². The zero-order valence-electron chi connectivity index (χ0n) is 8.62. The van der Waals surface area contributed by atoms with Gasteiger partial charge in [0.2, 0.25) is 0 Å². The van der Waals surface area contributed by atoms with E-state index in [2.05, 4.69) is 0 Å². The van der Waals surface area contributed by atoms with Gasteiger partial charge in [-0.2, -0.15) is 0 Å². The number of carbonyl (C=O) groups excluding carboxylic acids is 2. The van der Waals surface area contributed by atoms with Crippen LogP contribution in [0.2, 0.25) is 0 Å². The fourth-order valence-electron chi connectivity index (χ4n) is 1.52. The summed E-state index contributed by atoms with van der Waals surface area (Å²) in [7, 11) is 0. The number of hydrogen-bond donors (Lipinski definition) is 0. The molecule has 1 saturated heterocycles. The van der Waals surface area contributed by atoms with Gasteiger partial charge >= 0.3 is 5.97 Å². The van der Waals surface area contributed by atoms with Crippen molar-refractivity contribution in [2.24, 2.45) is 11.8 Å². The average Bonchev–Trinajstić information content (AvgIpc) is 2.18. The summed E-state index contributed by atoms with van der Waals surface area (Å²) < 4.78 is 10.0. The first-order valence-corrected chi connectivity index (χ1v) is 4.94. The molecule has 2 atom stereocenters. The van der Waals surface area contributed by atoms with E-state index in [0.29, 0.717) is 26.2 Å². The molecule has 0 amide bonds. The van der Waals surface area contributed by atoms with Crippen molar-refractivity contribution in [1.29, 1.82) is 0 Å². The topological polar surface area (TPSA) is 52.6 Å². The van der Waals surface area contributed by atoms with Crippen LogP contribution in [0.3, 0.4) is 0 Å². The first kappa shape index (κ1) is 11.2. The second-order valence-electron chi connectivity index (χ2n) is 3.44. The summed E-state index contributed by atoms with van der Waals surface area (Å²) in [5, 5.41) is 0. The highest BCUT2D eigenvalue weighted by atomic mass is 16.5. The zero-order valence-corrected chi connectivity index (χ0v) is 8.62. The van der Waals surface area contributed by atoms with Crippen molar-refractivity contribution >= 4 is 11.8 Å². The van der Waals surface area contributed by atoms with Gasteiger partial charge in [0, 0.05) is 6.42 Å². The van der Waals surface area contributed by atoms with Crippen molar-refractivity contribution in [3.8, 4) is 0 Å². The molecule has 0 N–H and O–H groups in total. The van der Waals surface area contributed by atoms with E-state index in [0.717, 1.165) is 0 Å². The third-order valence-electron chi connectivity index (χ3n) is 2.47. The minimum Gasteiger partial charge on any atom is -0.466 e. The SMILES string of the molecule is CCOC(=O)[C@@H](C)[C@@H]1COCCC1=O. The van der Waals surface area contributed by atoms with Gasteiger partial charge in [-0.25, -0.2) is 0 Å². The third kappa shape index (κ3) is 2.54. The first-order chi connectivity index (χ1) is 6.66. The smallest absolute Gasteiger partial charge is 0.309 e. The van der Waals surface area contributed by atoms with E-state index >= 15 is 0 Å². The number of carbonyl (C=O) groups is 2. The Bertz CT molecular complexity index is 224. The molecule has 1 aliphatic heterocycles. The quantitative estimate of drug-likeness (QED) is 0.632. The number of ketones is 1. The molecule has 4 nitrogen and oxygen atoms in total. The summed E-state index contributed by atoms with van der Waals surface area (Å²) in [6.07, 6.45) is 0.411. The number of Topliss-reactive ketones (excluding diaryl/α,β-unsaturated/α-hetero) is 1.